The number of carboxylic acids is 1. The molecule has 2 heterocycles. The van der Waals surface area contributed by atoms with Crippen molar-refractivity contribution in [3.8, 4) is 0 Å². The molecule has 17 heavy (non-hydrogen) atoms. The van der Waals surface area contributed by atoms with Gasteiger partial charge >= 0.3 is 5.97 Å². The molecule has 1 saturated heterocycles. The van der Waals surface area contributed by atoms with Gasteiger partial charge in [0, 0.05) is 11.8 Å². The smallest absolute Gasteiger partial charge is 0.314 e. The van der Waals surface area contributed by atoms with Gasteiger partial charge in [-0.25, -0.2) is 4.98 Å². The molecule has 5 heteroatoms. The molecular weight excluding hydrogens is 238 g/mol. The van der Waals surface area contributed by atoms with Crippen molar-refractivity contribution in [2.45, 2.75) is 26.7 Å². The van der Waals surface area contributed by atoms with Crippen LogP contribution in [0.3, 0.4) is 0 Å². The summed E-state index contributed by atoms with van der Waals surface area (Å²) in [5, 5.41) is 12.1. The minimum absolute atomic E-state index is 0.307. The Morgan fingerprint density at radius 2 is 2.35 bits per heavy atom. The zero-order valence-electron chi connectivity index (χ0n) is 10.1. The van der Waals surface area contributed by atoms with Gasteiger partial charge in [0.15, 0.2) is 0 Å². The van der Waals surface area contributed by atoms with Gasteiger partial charge in [-0.15, -0.1) is 11.3 Å². The number of aromatic nitrogens is 1. The van der Waals surface area contributed by atoms with E-state index in [1.165, 1.54) is 0 Å². The third-order valence-electron chi connectivity index (χ3n) is 2.92. The Bertz CT molecular complexity index is 410. The molecule has 0 saturated carbocycles. The maximum Gasteiger partial charge on any atom is 0.314 e. The predicted molar refractivity (Wildman–Crippen MR) is 65.2 cm³/mol. The Labute approximate surface area is 105 Å². The molecule has 0 radical (unpaired) electrons. The van der Waals surface area contributed by atoms with Crippen LogP contribution in [0.25, 0.3) is 0 Å². The van der Waals surface area contributed by atoms with Crippen LogP contribution in [0.5, 0.6) is 0 Å². The summed E-state index contributed by atoms with van der Waals surface area (Å²) < 4.78 is 5.04. The lowest BCUT2D eigenvalue weighted by Gasteiger charge is -2.36. The van der Waals surface area contributed by atoms with Gasteiger partial charge < -0.3 is 9.84 Å². The average Bonchev–Trinajstić information content (AvgIpc) is 2.57. The Morgan fingerprint density at radius 1 is 1.65 bits per heavy atom. The van der Waals surface area contributed by atoms with Gasteiger partial charge in [-0.1, -0.05) is 13.8 Å². The molecule has 0 unspecified atom stereocenters. The summed E-state index contributed by atoms with van der Waals surface area (Å²) >= 11 is 1.56. The van der Waals surface area contributed by atoms with E-state index < -0.39 is 11.4 Å². The van der Waals surface area contributed by atoms with E-state index in [-0.39, 0.29) is 0 Å². The average molecular weight is 255 g/mol. The first-order valence-electron chi connectivity index (χ1n) is 5.76. The van der Waals surface area contributed by atoms with Crippen LogP contribution in [0.1, 0.15) is 24.5 Å². The van der Waals surface area contributed by atoms with Crippen molar-refractivity contribution in [1.29, 1.82) is 0 Å². The molecule has 94 valence electrons. The molecule has 1 aromatic heterocycles. The molecule has 0 spiro atoms. The Hall–Kier alpha value is -0.940. The maximum atomic E-state index is 11.2. The summed E-state index contributed by atoms with van der Waals surface area (Å²) in [5.74, 6) is -0.199. The van der Waals surface area contributed by atoms with E-state index >= 15 is 0 Å². The van der Waals surface area contributed by atoms with Crippen molar-refractivity contribution in [2.24, 2.45) is 11.3 Å². The number of thiazole rings is 1. The Balaban J connectivity index is 2.03. The predicted octanol–water partition coefficient (Wildman–Crippen LogP) is 1.99. The van der Waals surface area contributed by atoms with Crippen molar-refractivity contribution < 1.29 is 14.6 Å². The van der Waals surface area contributed by atoms with Crippen molar-refractivity contribution >= 4 is 17.3 Å². The van der Waals surface area contributed by atoms with Crippen LogP contribution in [0.2, 0.25) is 0 Å². The molecule has 0 aromatic carbocycles. The fourth-order valence-corrected chi connectivity index (χ4v) is 2.83. The SMILES string of the molecule is CC(C)Cc1csc(CC2(C(=O)O)COC2)n1. The van der Waals surface area contributed by atoms with Gasteiger partial charge in [-0.2, -0.15) is 0 Å². The lowest BCUT2D eigenvalue weighted by molar-refractivity contribution is -0.179. The van der Waals surface area contributed by atoms with Crippen molar-refractivity contribution in [3.05, 3.63) is 16.1 Å². The van der Waals surface area contributed by atoms with E-state index in [1.807, 2.05) is 5.38 Å². The van der Waals surface area contributed by atoms with Crippen LogP contribution in [0.4, 0.5) is 0 Å². The van der Waals surface area contributed by atoms with Crippen LogP contribution in [-0.2, 0) is 22.4 Å². The zero-order valence-corrected chi connectivity index (χ0v) is 10.9. The highest BCUT2D eigenvalue weighted by Gasteiger charge is 2.46. The van der Waals surface area contributed by atoms with E-state index in [0.717, 1.165) is 17.1 Å². The molecule has 1 aliphatic rings. The first-order chi connectivity index (χ1) is 8.02. The highest BCUT2D eigenvalue weighted by atomic mass is 32.1. The number of carboxylic acid groups (broad SMARTS) is 1. The normalized spacial score (nSPS) is 18.1. The van der Waals surface area contributed by atoms with E-state index in [1.54, 1.807) is 11.3 Å². The molecule has 4 nitrogen and oxygen atoms in total. The van der Waals surface area contributed by atoms with Gasteiger partial charge in [-0.3, -0.25) is 4.79 Å². The molecule has 1 fully saturated rings. The largest absolute Gasteiger partial charge is 0.481 e. The monoisotopic (exact) mass is 255 g/mol. The van der Waals surface area contributed by atoms with Gasteiger partial charge in [0.2, 0.25) is 0 Å². The van der Waals surface area contributed by atoms with Crippen molar-refractivity contribution in [1.82, 2.24) is 4.98 Å². The molecule has 0 amide bonds. The number of ether oxygens (including phenoxy) is 1. The Kier molecular flexibility index (Phi) is 3.49. The number of rotatable bonds is 5. The topological polar surface area (TPSA) is 59.4 Å². The first-order valence-corrected chi connectivity index (χ1v) is 6.64. The summed E-state index contributed by atoms with van der Waals surface area (Å²) in [4.78, 5) is 15.7. The fourth-order valence-electron chi connectivity index (χ4n) is 1.88. The minimum Gasteiger partial charge on any atom is -0.481 e. The lowest BCUT2D eigenvalue weighted by Crippen LogP contribution is -2.50. The summed E-state index contributed by atoms with van der Waals surface area (Å²) in [6.07, 6.45) is 1.44. The number of hydrogen-bond donors (Lipinski definition) is 1. The highest BCUT2D eigenvalue weighted by molar-refractivity contribution is 7.09. The van der Waals surface area contributed by atoms with Crippen LogP contribution in [-0.4, -0.2) is 29.3 Å². The second kappa shape index (κ2) is 4.74. The first kappa shape index (κ1) is 12.5. The summed E-state index contributed by atoms with van der Waals surface area (Å²) in [6.45, 7) is 4.91. The van der Waals surface area contributed by atoms with E-state index in [4.69, 9.17) is 4.74 Å². The molecule has 1 N–H and O–H groups in total. The van der Waals surface area contributed by atoms with Crippen LogP contribution < -0.4 is 0 Å². The third-order valence-corrected chi connectivity index (χ3v) is 3.81. The number of hydrogen-bond acceptors (Lipinski definition) is 4. The second-order valence-corrected chi connectivity index (χ2v) is 6.03. The van der Waals surface area contributed by atoms with Gasteiger partial charge in [0.25, 0.3) is 0 Å². The molecule has 0 atom stereocenters. The van der Waals surface area contributed by atoms with Gasteiger partial charge in [0.1, 0.15) is 5.41 Å². The third kappa shape index (κ3) is 2.66. The maximum absolute atomic E-state index is 11.2. The highest BCUT2D eigenvalue weighted by Crippen LogP contribution is 2.33. The number of aliphatic carboxylic acids is 1. The van der Waals surface area contributed by atoms with E-state index in [0.29, 0.717) is 25.6 Å². The molecule has 0 bridgehead atoms. The number of nitrogens with zero attached hydrogens (tertiary/aromatic N) is 1. The molecule has 0 aliphatic carbocycles. The Morgan fingerprint density at radius 3 is 2.82 bits per heavy atom. The summed E-state index contributed by atoms with van der Waals surface area (Å²) in [6, 6.07) is 0. The van der Waals surface area contributed by atoms with E-state index in [2.05, 4.69) is 18.8 Å². The van der Waals surface area contributed by atoms with Crippen LogP contribution >= 0.6 is 11.3 Å². The van der Waals surface area contributed by atoms with E-state index in [9.17, 15) is 9.90 Å². The molecular formula is C12H17NO3S. The standard InChI is InChI=1S/C12H17NO3S/c1-8(2)3-9-5-17-10(13-9)4-12(11(14)15)6-16-7-12/h5,8H,3-4,6-7H2,1-2H3,(H,14,15). The van der Waals surface area contributed by atoms with Gasteiger partial charge in [-0.05, 0) is 12.3 Å². The quantitative estimate of drug-likeness (QED) is 0.874. The second-order valence-electron chi connectivity index (χ2n) is 5.09. The molecule has 1 aromatic rings. The summed E-state index contributed by atoms with van der Waals surface area (Å²) in [7, 11) is 0. The zero-order chi connectivity index (χ0) is 12.5. The van der Waals surface area contributed by atoms with Gasteiger partial charge in [0.05, 0.1) is 23.9 Å². The minimum atomic E-state index is -0.774. The van der Waals surface area contributed by atoms with Crippen LogP contribution in [0.15, 0.2) is 5.38 Å². The molecule has 2 rings (SSSR count). The molecule has 1 aliphatic heterocycles. The van der Waals surface area contributed by atoms with Crippen molar-refractivity contribution in [3.63, 3.8) is 0 Å². The lowest BCUT2D eigenvalue weighted by atomic mass is 9.83. The summed E-state index contributed by atoms with van der Waals surface area (Å²) in [5.41, 5.74) is 0.341. The van der Waals surface area contributed by atoms with Crippen molar-refractivity contribution in [2.75, 3.05) is 13.2 Å². The fraction of sp³-hybridized carbons (Fsp3) is 0.667. The van der Waals surface area contributed by atoms with Crippen LogP contribution in [0, 0.1) is 11.3 Å². The number of carbonyl (C=O) groups is 1.